The van der Waals surface area contributed by atoms with Crippen LogP contribution in [-0.4, -0.2) is 4.57 Å². The summed E-state index contributed by atoms with van der Waals surface area (Å²) in [7, 11) is 0. The Kier molecular flexibility index (Phi) is 7.78. The maximum absolute atomic E-state index is 6.49. The van der Waals surface area contributed by atoms with E-state index in [2.05, 4.69) is 216 Å². The Labute approximate surface area is 361 Å². The quantitative estimate of drug-likeness (QED) is 0.167. The summed E-state index contributed by atoms with van der Waals surface area (Å²) in [6, 6.07) is 79.2. The van der Waals surface area contributed by atoms with E-state index in [1.165, 1.54) is 63.9 Å². The van der Waals surface area contributed by atoms with E-state index in [4.69, 9.17) is 4.42 Å². The minimum atomic E-state index is 0.904. The fourth-order valence-electron chi connectivity index (χ4n) is 9.86. The van der Waals surface area contributed by atoms with Gasteiger partial charge in [-0.15, -0.1) is 11.3 Å². The number of furan rings is 1. The molecule has 290 valence electrons. The number of nitrogens with zero attached hydrogens (tertiary/aromatic N) is 2. The highest BCUT2D eigenvalue weighted by Gasteiger charge is 2.24. The molecule has 0 saturated carbocycles. The predicted octanol–water partition coefficient (Wildman–Crippen LogP) is 17.0. The first-order chi connectivity index (χ1) is 30.8. The second-order valence-corrected chi connectivity index (χ2v) is 17.0. The lowest BCUT2D eigenvalue weighted by Gasteiger charge is -2.28. The van der Waals surface area contributed by atoms with Crippen LogP contribution in [0.3, 0.4) is 0 Å². The average molecular weight is 809 g/mol. The smallest absolute Gasteiger partial charge is 0.143 e. The minimum Gasteiger partial charge on any atom is -0.455 e. The molecule has 0 N–H and O–H groups in total. The SMILES string of the molecule is c1ccc(-n2c3ccccc3c3ccccc32)c(-c2ccc(N(c3ccc(-c4cccc5c4oc4ccccc45)cc3)c3cccc4ccccc34)c3c2sc2ccccc23)c1. The molecule has 0 aliphatic heterocycles. The van der Waals surface area contributed by atoms with Crippen LogP contribution >= 0.6 is 11.3 Å². The third-order valence-corrected chi connectivity index (χ3v) is 13.8. The number of thiophene rings is 1. The molecular weight excluding hydrogens is 773 g/mol. The zero-order chi connectivity index (χ0) is 40.7. The second kappa shape index (κ2) is 13.8. The molecule has 0 aliphatic carbocycles. The molecule has 0 fully saturated rings. The van der Waals surface area contributed by atoms with Gasteiger partial charge in [-0.25, -0.2) is 0 Å². The van der Waals surface area contributed by atoms with E-state index in [-0.39, 0.29) is 0 Å². The van der Waals surface area contributed by atoms with Crippen molar-refractivity contribution in [2.24, 2.45) is 0 Å². The molecule has 0 bridgehead atoms. The number of benzene rings is 10. The Morgan fingerprint density at radius 2 is 1.02 bits per heavy atom. The molecule has 10 aromatic carbocycles. The van der Waals surface area contributed by atoms with Crippen LogP contribution < -0.4 is 4.90 Å². The standard InChI is InChI=1S/C58H36N2OS/c1-2-17-40-37(15-1)16-13-28-49(40)59(39-33-31-38(32-34-39)41-23-14-24-46-45-21-6-11-29-54(45)61-57(41)46)53-36-35-47(58-56(53)48-22-7-12-30-55(48)62-58)44-20-5-10-27-52(44)60-50-25-8-3-18-42(50)43-19-4-9-26-51(43)60/h1-36H. The number of anilines is 3. The van der Waals surface area contributed by atoms with Crippen LogP contribution in [0.1, 0.15) is 0 Å². The van der Waals surface area contributed by atoms with Crippen LogP contribution in [-0.2, 0) is 0 Å². The zero-order valence-electron chi connectivity index (χ0n) is 33.5. The molecule has 0 radical (unpaired) electrons. The van der Waals surface area contributed by atoms with Crippen LogP contribution in [0.2, 0.25) is 0 Å². The summed E-state index contributed by atoms with van der Waals surface area (Å²) in [4.78, 5) is 2.47. The van der Waals surface area contributed by atoms with Crippen molar-refractivity contribution in [2.45, 2.75) is 0 Å². The van der Waals surface area contributed by atoms with E-state index >= 15 is 0 Å². The number of para-hydroxylation sites is 5. The van der Waals surface area contributed by atoms with Crippen LogP contribution in [0, 0.1) is 0 Å². The largest absolute Gasteiger partial charge is 0.455 e. The first-order valence-electron chi connectivity index (χ1n) is 21.1. The molecule has 13 aromatic rings. The summed E-state index contributed by atoms with van der Waals surface area (Å²) in [6.07, 6.45) is 0. The fourth-order valence-corrected chi connectivity index (χ4v) is 11.1. The van der Waals surface area contributed by atoms with Gasteiger partial charge in [0, 0.05) is 69.5 Å². The third kappa shape index (κ3) is 5.24. The van der Waals surface area contributed by atoms with Gasteiger partial charge in [0.25, 0.3) is 0 Å². The van der Waals surface area contributed by atoms with E-state index in [1.54, 1.807) is 0 Å². The number of fused-ring (bicyclic) bond motifs is 10. The Morgan fingerprint density at radius 3 is 1.84 bits per heavy atom. The highest BCUT2D eigenvalue weighted by molar-refractivity contribution is 7.26. The van der Waals surface area contributed by atoms with Crippen molar-refractivity contribution in [3.8, 4) is 27.9 Å². The van der Waals surface area contributed by atoms with Gasteiger partial charge >= 0.3 is 0 Å². The molecule has 0 unspecified atom stereocenters. The summed E-state index contributed by atoms with van der Waals surface area (Å²) >= 11 is 1.88. The van der Waals surface area contributed by atoms with Gasteiger partial charge in [-0.3, -0.25) is 0 Å². The lowest BCUT2D eigenvalue weighted by atomic mass is 9.97. The molecule has 0 atom stereocenters. The van der Waals surface area contributed by atoms with E-state index in [1.807, 2.05) is 23.5 Å². The van der Waals surface area contributed by atoms with E-state index in [9.17, 15) is 0 Å². The van der Waals surface area contributed by atoms with Crippen LogP contribution in [0.25, 0.3) is 103 Å². The molecule has 3 nitrogen and oxygen atoms in total. The molecule has 62 heavy (non-hydrogen) atoms. The molecular formula is C58H36N2OS. The second-order valence-electron chi connectivity index (χ2n) is 16.0. The Morgan fingerprint density at radius 1 is 0.403 bits per heavy atom. The highest BCUT2D eigenvalue weighted by Crippen LogP contribution is 2.50. The first-order valence-corrected chi connectivity index (χ1v) is 21.9. The van der Waals surface area contributed by atoms with E-state index in [0.29, 0.717) is 0 Å². The van der Waals surface area contributed by atoms with Crippen molar-refractivity contribution >= 4 is 103 Å². The lowest BCUT2D eigenvalue weighted by molar-refractivity contribution is 0.670. The van der Waals surface area contributed by atoms with Gasteiger partial charge in [0.15, 0.2) is 0 Å². The van der Waals surface area contributed by atoms with Gasteiger partial charge in [0.05, 0.1) is 28.1 Å². The van der Waals surface area contributed by atoms with Crippen molar-refractivity contribution in [1.82, 2.24) is 4.57 Å². The molecule has 4 heteroatoms. The molecule has 3 heterocycles. The molecule has 13 rings (SSSR count). The monoisotopic (exact) mass is 808 g/mol. The van der Waals surface area contributed by atoms with Gasteiger partial charge in [-0.1, -0.05) is 164 Å². The Balaban J connectivity index is 1.05. The van der Waals surface area contributed by atoms with Crippen LogP contribution in [0.15, 0.2) is 223 Å². The fraction of sp³-hybridized carbons (Fsp3) is 0. The first kappa shape index (κ1) is 34.9. The normalized spacial score (nSPS) is 11.9. The van der Waals surface area contributed by atoms with E-state index < -0.39 is 0 Å². The van der Waals surface area contributed by atoms with Crippen LogP contribution in [0.4, 0.5) is 17.1 Å². The topological polar surface area (TPSA) is 21.3 Å². The Hall–Kier alpha value is -7.92. The lowest BCUT2D eigenvalue weighted by Crippen LogP contribution is -2.11. The highest BCUT2D eigenvalue weighted by atomic mass is 32.1. The van der Waals surface area contributed by atoms with E-state index in [0.717, 1.165) is 55.8 Å². The number of hydrogen-bond acceptors (Lipinski definition) is 3. The van der Waals surface area contributed by atoms with Crippen molar-refractivity contribution in [1.29, 1.82) is 0 Å². The molecule has 0 aliphatic rings. The molecule has 0 spiro atoms. The maximum Gasteiger partial charge on any atom is 0.143 e. The van der Waals surface area contributed by atoms with Gasteiger partial charge in [0.1, 0.15) is 11.2 Å². The number of hydrogen-bond donors (Lipinski definition) is 0. The van der Waals surface area contributed by atoms with Gasteiger partial charge in [0.2, 0.25) is 0 Å². The molecule has 0 saturated heterocycles. The Bertz CT molecular complexity index is 3830. The summed E-state index contributed by atoms with van der Waals surface area (Å²) in [5.41, 5.74) is 13.3. The van der Waals surface area contributed by atoms with Crippen molar-refractivity contribution < 1.29 is 4.42 Å². The van der Waals surface area contributed by atoms with Crippen LogP contribution in [0.5, 0.6) is 0 Å². The zero-order valence-corrected chi connectivity index (χ0v) is 34.3. The average Bonchev–Trinajstić information content (AvgIpc) is 4.02. The summed E-state index contributed by atoms with van der Waals surface area (Å²) in [5, 5.41) is 9.66. The third-order valence-electron chi connectivity index (χ3n) is 12.6. The van der Waals surface area contributed by atoms with Gasteiger partial charge < -0.3 is 13.9 Å². The van der Waals surface area contributed by atoms with Crippen molar-refractivity contribution in [3.05, 3.63) is 218 Å². The van der Waals surface area contributed by atoms with Crippen molar-refractivity contribution in [3.63, 3.8) is 0 Å². The minimum absolute atomic E-state index is 0.904. The number of rotatable bonds is 6. The summed E-state index contributed by atoms with van der Waals surface area (Å²) in [5.74, 6) is 0. The summed E-state index contributed by atoms with van der Waals surface area (Å²) < 4.78 is 11.5. The van der Waals surface area contributed by atoms with Gasteiger partial charge in [-0.2, -0.15) is 0 Å². The molecule has 3 aromatic heterocycles. The van der Waals surface area contributed by atoms with Gasteiger partial charge in [-0.05, 0) is 65.5 Å². The predicted molar refractivity (Wildman–Crippen MR) is 264 cm³/mol. The summed E-state index contributed by atoms with van der Waals surface area (Å²) in [6.45, 7) is 0. The number of aromatic nitrogens is 1. The molecule has 0 amide bonds. The maximum atomic E-state index is 6.49. The van der Waals surface area contributed by atoms with Crippen molar-refractivity contribution in [2.75, 3.05) is 4.90 Å².